The monoisotopic (exact) mass is 237 g/mol. The van der Waals surface area contributed by atoms with E-state index < -0.39 is 5.97 Å². The van der Waals surface area contributed by atoms with Gasteiger partial charge in [0.2, 0.25) is 0 Å². The zero-order chi connectivity index (χ0) is 11.5. The van der Waals surface area contributed by atoms with E-state index in [0.29, 0.717) is 10.9 Å². The van der Waals surface area contributed by atoms with Crippen LogP contribution in [0.15, 0.2) is 18.5 Å². The summed E-state index contributed by atoms with van der Waals surface area (Å²) in [5.74, 6) is -0.720. The Labute approximate surface area is 94.6 Å². The number of carboxylic acids is 1. The van der Waals surface area contributed by atoms with Gasteiger partial charge < -0.3 is 9.84 Å². The van der Waals surface area contributed by atoms with Gasteiger partial charge in [-0.1, -0.05) is 16.4 Å². The first kappa shape index (κ1) is 10.5. The van der Waals surface area contributed by atoms with Crippen LogP contribution in [0.5, 0.6) is 10.9 Å². The third-order valence-corrected chi connectivity index (χ3v) is 2.39. The molecule has 0 saturated heterocycles. The van der Waals surface area contributed by atoms with Crippen molar-refractivity contribution in [2.45, 2.75) is 6.92 Å². The fourth-order valence-corrected chi connectivity index (χ4v) is 1.57. The highest BCUT2D eigenvalue weighted by Gasteiger charge is 2.07. The molecule has 0 amide bonds. The number of carbonyl (C=O) groups is 1. The van der Waals surface area contributed by atoms with Crippen molar-refractivity contribution in [1.29, 1.82) is 0 Å². The van der Waals surface area contributed by atoms with Gasteiger partial charge in [-0.15, -0.1) is 5.10 Å². The van der Waals surface area contributed by atoms with Crippen LogP contribution >= 0.6 is 11.3 Å². The molecule has 2 rings (SSSR count). The predicted molar refractivity (Wildman–Crippen MR) is 55.9 cm³/mol. The van der Waals surface area contributed by atoms with Crippen LogP contribution in [0, 0.1) is 6.92 Å². The van der Waals surface area contributed by atoms with Crippen LogP contribution in [-0.4, -0.2) is 26.3 Å². The van der Waals surface area contributed by atoms with Gasteiger partial charge in [-0.3, -0.25) is 4.98 Å². The molecule has 0 fully saturated rings. The zero-order valence-electron chi connectivity index (χ0n) is 8.25. The zero-order valence-corrected chi connectivity index (χ0v) is 9.06. The van der Waals surface area contributed by atoms with E-state index in [4.69, 9.17) is 9.84 Å². The summed E-state index contributed by atoms with van der Waals surface area (Å²) in [6.45, 7) is 1.80. The third kappa shape index (κ3) is 2.31. The molecule has 0 aliphatic heterocycles. The van der Waals surface area contributed by atoms with Crippen molar-refractivity contribution in [3.63, 3.8) is 0 Å². The largest absolute Gasteiger partial charge is 0.478 e. The molecule has 1 N–H and O–H groups in total. The van der Waals surface area contributed by atoms with Crippen molar-refractivity contribution in [3.8, 4) is 10.9 Å². The Bertz CT molecular complexity index is 526. The highest BCUT2D eigenvalue weighted by atomic mass is 32.1. The molecule has 0 radical (unpaired) electrons. The minimum Gasteiger partial charge on any atom is -0.478 e. The summed E-state index contributed by atoms with van der Waals surface area (Å²) in [7, 11) is 0. The summed E-state index contributed by atoms with van der Waals surface area (Å²) < 4.78 is 5.31. The van der Waals surface area contributed by atoms with Crippen molar-refractivity contribution in [3.05, 3.63) is 29.0 Å². The molecule has 2 aromatic rings. The van der Waals surface area contributed by atoms with E-state index >= 15 is 0 Å². The van der Waals surface area contributed by atoms with Crippen LogP contribution in [0.25, 0.3) is 0 Å². The Kier molecular flexibility index (Phi) is 2.78. The van der Waals surface area contributed by atoms with Crippen molar-refractivity contribution in [2.75, 3.05) is 0 Å². The second-order valence-electron chi connectivity index (χ2n) is 2.90. The van der Waals surface area contributed by atoms with Gasteiger partial charge in [0.1, 0.15) is 10.8 Å². The van der Waals surface area contributed by atoms with E-state index in [1.54, 1.807) is 6.92 Å². The molecule has 2 aromatic heterocycles. The summed E-state index contributed by atoms with van der Waals surface area (Å²) in [5, 5.41) is 17.4. The van der Waals surface area contributed by atoms with Crippen LogP contribution in [0.2, 0.25) is 0 Å². The van der Waals surface area contributed by atoms with E-state index in [1.165, 1.54) is 29.8 Å². The lowest BCUT2D eigenvalue weighted by Crippen LogP contribution is -1.97. The van der Waals surface area contributed by atoms with Crippen molar-refractivity contribution in [1.82, 2.24) is 15.2 Å². The molecule has 2 heterocycles. The van der Waals surface area contributed by atoms with Gasteiger partial charge in [0.05, 0.1) is 11.8 Å². The second kappa shape index (κ2) is 4.23. The van der Waals surface area contributed by atoms with Crippen LogP contribution in [0.4, 0.5) is 0 Å². The minimum atomic E-state index is -1.05. The maximum absolute atomic E-state index is 10.7. The van der Waals surface area contributed by atoms with Crippen molar-refractivity contribution < 1.29 is 14.6 Å². The van der Waals surface area contributed by atoms with Gasteiger partial charge in [0.25, 0.3) is 5.19 Å². The first-order chi connectivity index (χ1) is 7.65. The van der Waals surface area contributed by atoms with Crippen molar-refractivity contribution in [2.24, 2.45) is 0 Å². The molecular weight excluding hydrogens is 230 g/mol. The average Bonchev–Trinajstić information content (AvgIpc) is 2.64. The summed E-state index contributed by atoms with van der Waals surface area (Å²) in [6, 6.07) is 1.38. The number of aromatic nitrogens is 3. The van der Waals surface area contributed by atoms with Gasteiger partial charge in [-0.25, -0.2) is 4.79 Å². The first-order valence-electron chi connectivity index (χ1n) is 4.31. The molecule has 0 aliphatic rings. The minimum absolute atomic E-state index is 0.0683. The van der Waals surface area contributed by atoms with Gasteiger partial charge in [0.15, 0.2) is 0 Å². The van der Waals surface area contributed by atoms with Crippen LogP contribution in [-0.2, 0) is 0 Å². The van der Waals surface area contributed by atoms with Crippen molar-refractivity contribution >= 4 is 17.3 Å². The fraction of sp³-hybridized carbons (Fsp3) is 0.111. The number of nitrogens with zero attached hydrogens (tertiary/aromatic N) is 3. The smallest absolute Gasteiger partial charge is 0.337 e. The molecule has 0 saturated carbocycles. The number of hydrogen-bond donors (Lipinski definition) is 1. The van der Waals surface area contributed by atoms with Gasteiger partial charge in [-0.05, 0) is 13.0 Å². The molecule has 0 spiro atoms. The molecule has 0 atom stereocenters. The van der Waals surface area contributed by atoms with E-state index in [2.05, 4.69) is 15.2 Å². The summed E-state index contributed by atoms with van der Waals surface area (Å²) in [4.78, 5) is 14.4. The average molecular weight is 237 g/mol. The lowest BCUT2D eigenvalue weighted by molar-refractivity contribution is 0.0696. The lowest BCUT2D eigenvalue weighted by atomic mass is 10.3. The molecule has 16 heavy (non-hydrogen) atoms. The van der Waals surface area contributed by atoms with Crippen LogP contribution < -0.4 is 4.74 Å². The van der Waals surface area contributed by atoms with Gasteiger partial charge >= 0.3 is 5.97 Å². The third-order valence-electron chi connectivity index (χ3n) is 1.67. The van der Waals surface area contributed by atoms with Crippen LogP contribution in [0.3, 0.4) is 0 Å². The topological polar surface area (TPSA) is 85.2 Å². The fourth-order valence-electron chi connectivity index (χ4n) is 1.01. The molecule has 0 aliphatic carbocycles. The molecule has 0 aromatic carbocycles. The Morgan fingerprint density at radius 1 is 1.44 bits per heavy atom. The quantitative estimate of drug-likeness (QED) is 0.874. The molecule has 82 valence electrons. The Morgan fingerprint density at radius 2 is 2.25 bits per heavy atom. The number of ether oxygens (including phenoxy) is 1. The highest BCUT2D eigenvalue weighted by Crippen LogP contribution is 2.24. The number of hydrogen-bond acceptors (Lipinski definition) is 6. The Hall–Kier alpha value is -2.02. The SMILES string of the molecule is Cc1nnc(Oc2cncc(C(=O)O)c2)s1. The highest BCUT2D eigenvalue weighted by molar-refractivity contribution is 7.13. The van der Waals surface area contributed by atoms with Gasteiger partial charge in [0, 0.05) is 6.20 Å². The molecule has 6 nitrogen and oxygen atoms in total. The Morgan fingerprint density at radius 3 is 2.88 bits per heavy atom. The summed E-state index contributed by atoms with van der Waals surface area (Å²) >= 11 is 1.28. The normalized spacial score (nSPS) is 10.1. The van der Waals surface area contributed by atoms with E-state index in [1.807, 2.05) is 0 Å². The number of aryl methyl sites for hydroxylation is 1. The second-order valence-corrected chi connectivity index (χ2v) is 4.05. The molecule has 0 bridgehead atoms. The Balaban J connectivity index is 2.21. The van der Waals surface area contributed by atoms with E-state index in [-0.39, 0.29) is 5.56 Å². The predicted octanol–water partition coefficient (Wildman–Crippen LogP) is 1.73. The van der Waals surface area contributed by atoms with Gasteiger partial charge in [-0.2, -0.15) is 0 Å². The molecule has 7 heteroatoms. The number of rotatable bonds is 3. The number of carboxylic acid groups (broad SMARTS) is 1. The van der Waals surface area contributed by atoms with E-state index in [0.717, 1.165) is 5.01 Å². The molecule has 0 unspecified atom stereocenters. The van der Waals surface area contributed by atoms with E-state index in [9.17, 15) is 4.79 Å². The summed E-state index contributed by atoms with van der Waals surface area (Å²) in [5.41, 5.74) is 0.0683. The summed E-state index contributed by atoms with van der Waals surface area (Å²) in [6.07, 6.45) is 2.67. The maximum Gasteiger partial charge on any atom is 0.337 e. The maximum atomic E-state index is 10.7. The first-order valence-corrected chi connectivity index (χ1v) is 5.13. The molecular formula is C9H7N3O3S. The van der Waals surface area contributed by atoms with Crippen LogP contribution in [0.1, 0.15) is 15.4 Å². The standard InChI is InChI=1S/C9H7N3O3S/c1-5-11-12-9(16-5)15-7-2-6(8(13)14)3-10-4-7/h2-4H,1H3,(H,13,14). The number of pyridine rings is 1. The lowest BCUT2D eigenvalue weighted by Gasteiger charge is -2.00. The number of aromatic carboxylic acids is 1.